The van der Waals surface area contributed by atoms with Crippen molar-refractivity contribution in [3.05, 3.63) is 24.3 Å². The first-order chi connectivity index (χ1) is 11.7. The fourth-order valence-corrected chi connectivity index (χ4v) is 3.49. The summed E-state index contributed by atoms with van der Waals surface area (Å²) in [6.45, 7) is 0. The SMILES string of the molecule is O=C(CSc1nnc2c(n1)[nH]c1ccccc12)N=C1NC(=O)CS1. The van der Waals surface area contributed by atoms with Crippen LogP contribution in [0.3, 0.4) is 0 Å². The fourth-order valence-electron chi connectivity index (χ4n) is 2.22. The number of rotatable bonds is 3. The number of amides is 2. The number of aliphatic imine (C=N–C) groups is 1. The van der Waals surface area contributed by atoms with E-state index < -0.39 is 0 Å². The molecule has 3 heterocycles. The van der Waals surface area contributed by atoms with E-state index >= 15 is 0 Å². The molecule has 10 heteroatoms. The number of aromatic amines is 1. The zero-order valence-electron chi connectivity index (χ0n) is 12.1. The first-order valence-corrected chi connectivity index (χ1v) is 8.94. The fraction of sp³-hybridized carbons (Fsp3) is 0.143. The van der Waals surface area contributed by atoms with Gasteiger partial charge in [0, 0.05) is 10.9 Å². The van der Waals surface area contributed by atoms with Gasteiger partial charge in [0.05, 0.1) is 11.5 Å². The number of hydrogen-bond donors (Lipinski definition) is 2. The monoisotopic (exact) mass is 358 g/mol. The lowest BCUT2D eigenvalue weighted by atomic mass is 10.2. The normalized spacial score (nSPS) is 16.2. The number of nitrogens with one attached hydrogen (secondary N) is 2. The summed E-state index contributed by atoms with van der Waals surface area (Å²) < 4.78 is 0. The van der Waals surface area contributed by atoms with E-state index in [1.165, 1.54) is 11.8 Å². The summed E-state index contributed by atoms with van der Waals surface area (Å²) >= 11 is 2.37. The quantitative estimate of drug-likeness (QED) is 0.679. The highest BCUT2D eigenvalue weighted by molar-refractivity contribution is 8.15. The van der Waals surface area contributed by atoms with Crippen molar-refractivity contribution < 1.29 is 9.59 Å². The van der Waals surface area contributed by atoms with E-state index in [-0.39, 0.29) is 17.6 Å². The van der Waals surface area contributed by atoms with Crippen molar-refractivity contribution in [1.29, 1.82) is 0 Å². The summed E-state index contributed by atoms with van der Waals surface area (Å²) in [7, 11) is 0. The lowest BCUT2D eigenvalue weighted by Crippen LogP contribution is -2.21. The van der Waals surface area contributed by atoms with Gasteiger partial charge in [-0.2, -0.15) is 4.99 Å². The number of aromatic nitrogens is 4. The molecule has 1 fully saturated rings. The summed E-state index contributed by atoms with van der Waals surface area (Å²) in [6.07, 6.45) is 0. The second-order valence-corrected chi connectivity index (χ2v) is 6.80. The van der Waals surface area contributed by atoms with Gasteiger partial charge < -0.3 is 10.3 Å². The van der Waals surface area contributed by atoms with Crippen LogP contribution in [0.5, 0.6) is 0 Å². The maximum absolute atomic E-state index is 11.8. The number of fused-ring (bicyclic) bond motifs is 3. The Kier molecular flexibility index (Phi) is 3.90. The predicted octanol–water partition coefficient (Wildman–Crippen LogP) is 1.34. The van der Waals surface area contributed by atoms with Gasteiger partial charge in [0.2, 0.25) is 11.1 Å². The van der Waals surface area contributed by atoms with E-state index in [1.807, 2.05) is 24.3 Å². The van der Waals surface area contributed by atoms with E-state index in [0.29, 0.717) is 27.2 Å². The van der Waals surface area contributed by atoms with Gasteiger partial charge in [0.15, 0.2) is 10.8 Å². The molecule has 1 saturated heterocycles. The van der Waals surface area contributed by atoms with Gasteiger partial charge in [0.25, 0.3) is 5.91 Å². The Balaban J connectivity index is 1.49. The van der Waals surface area contributed by atoms with Gasteiger partial charge in [0.1, 0.15) is 5.52 Å². The third-order valence-electron chi connectivity index (χ3n) is 3.24. The van der Waals surface area contributed by atoms with E-state index in [9.17, 15) is 9.59 Å². The Morgan fingerprint density at radius 1 is 1.33 bits per heavy atom. The number of nitrogens with zero attached hydrogens (tertiary/aromatic N) is 4. The molecule has 2 aromatic heterocycles. The number of thioether (sulfide) groups is 2. The zero-order valence-corrected chi connectivity index (χ0v) is 13.8. The van der Waals surface area contributed by atoms with E-state index in [4.69, 9.17) is 0 Å². The molecular formula is C14H10N6O2S2. The van der Waals surface area contributed by atoms with Crippen molar-refractivity contribution in [3.63, 3.8) is 0 Å². The Morgan fingerprint density at radius 2 is 2.21 bits per heavy atom. The van der Waals surface area contributed by atoms with Gasteiger partial charge in [-0.1, -0.05) is 41.7 Å². The van der Waals surface area contributed by atoms with Crippen molar-refractivity contribution in [2.45, 2.75) is 5.16 Å². The first-order valence-electron chi connectivity index (χ1n) is 6.97. The Hall–Kier alpha value is -2.46. The standard InChI is InChI=1S/C14H10N6O2S2/c21-9-5-23-13(16-9)17-10(22)6-24-14-18-12-11(19-20-14)7-3-1-2-4-8(7)15-12/h1-4H,5-6H2,(H,15,18,20)(H,16,17,21,22). The molecule has 4 rings (SSSR count). The molecule has 3 aromatic rings. The van der Waals surface area contributed by atoms with Crippen LogP contribution in [0.15, 0.2) is 34.4 Å². The van der Waals surface area contributed by atoms with Crippen LogP contribution in [0.4, 0.5) is 0 Å². The van der Waals surface area contributed by atoms with Gasteiger partial charge in [-0.15, -0.1) is 10.2 Å². The molecule has 0 spiro atoms. The molecule has 0 bridgehead atoms. The molecule has 0 saturated carbocycles. The van der Waals surface area contributed by atoms with Crippen molar-refractivity contribution in [3.8, 4) is 0 Å². The number of carbonyl (C=O) groups excluding carboxylic acids is 2. The minimum atomic E-state index is -0.356. The van der Waals surface area contributed by atoms with Gasteiger partial charge in [-0.05, 0) is 6.07 Å². The Bertz CT molecular complexity index is 999. The van der Waals surface area contributed by atoms with Gasteiger partial charge in [-0.25, -0.2) is 4.98 Å². The van der Waals surface area contributed by atoms with Crippen LogP contribution < -0.4 is 5.32 Å². The van der Waals surface area contributed by atoms with Crippen molar-refractivity contribution >= 4 is 62.6 Å². The Morgan fingerprint density at radius 3 is 3.04 bits per heavy atom. The maximum Gasteiger partial charge on any atom is 0.258 e. The van der Waals surface area contributed by atoms with Crippen LogP contribution in [-0.2, 0) is 9.59 Å². The van der Waals surface area contributed by atoms with Crippen LogP contribution in [-0.4, -0.2) is 48.7 Å². The molecule has 1 aromatic carbocycles. The smallest absolute Gasteiger partial charge is 0.258 e. The number of carbonyl (C=O) groups is 2. The maximum atomic E-state index is 11.8. The van der Waals surface area contributed by atoms with E-state index in [1.54, 1.807) is 0 Å². The van der Waals surface area contributed by atoms with Crippen molar-refractivity contribution in [2.24, 2.45) is 4.99 Å². The molecule has 0 atom stereocenters. The third-order valence-corrected chi connectivity index (χ3v) is 4.94. The van der Waals surface area contributed by atoms with E-state index in [2.05, 4.69) is 30.5 Å². The summed E-state index contributed by atoms with van der Waals surface area (Å²) in [4.78, 5) is 34.3. The molecule has 24 heavy (non-hydrogen) atoms. The van der Waals surface area contributed by atoms with Crippen LogP contribution in [0.2, 0.25) is 0 Å². The second-order valence-electron chi connectivity index (χ2n) is 4.90. The molecule has 2 amide bonds. The molecule has 1 aliphatic heterocycles. The molecule has 120 valence electrons. The van der Waals surface area contributed by atoms with Crippen molar-refractivity contribution in [1.82, 2.24) is 25.5 Å². The highest BCUT2D eigenvalue weighted by atomic mass is 32.2. The lowest BCUT2D eigenvalue weighted by molar-refractivity contribution is -0.116. The predicted molar refractivity (Wildman–Crippen MR) is 93.0 cm³/mol. The molecule has 8 nitrogen and oxygen atoms in total. The van der Waals surface area contributed by atoms with Crippen molar-refractivity contribution in [2.75, 3.05) is 11.5 Å². The first kappa shape index (κ1) is 15.1. The number of benzene rings is 1. The third kappa shape index (κ3) is 2.97. The molecule has 1 aliphatic rings. The topological polar surface area (TPSA) is 113 Å². The average molecular weight is 358 g/mol. The number of amidine groups is 1. The van der Waals surface area contributed by atoms with Crippen LogP contribution >= 0.6 is 23.5 Å². The zero-order chi connectivity index (χ0) is 16.5. The summed E-state index contributed by atoms with van der Waals surface area (Å²) in [5.74, 6) is -0.127. The minimum absolute atomic E-state index is 0.0767. The molecule has 0 radical (unpaired) electrons. The summed E-state index contributed by atoms with van der Waals surface area (Å²) in [5, 5.41) is 12.5. The highest BCUT2D eigenvalue weighted by Gasteiger charge is 2.18. The minimum Gasteiger partial charge on any atom is -0.338 e. The largest absolute Gasteiger partial charge is 0.338 e. The second kappa shape index (κ2) is 6.21. The van der Waals surface area contributed by atoms with Crippen LogP contribution in [0.25, 0.3) is 22.1 Å². The molecule has 0 unspecified atom stereocenters. The average Bonchev–Trinajstić information content (AvgIpc) is 3.15. The number of hydrogen-bond acceptors (Lipinski definition) is 7. The number of H-pyrrole nitrogens is 1. The van der Waals surface area contributed by atoms with Gasteiger partial charge in [-0.3, -0.25) is 9.59 Å². The molecule has 0 aliphatic carbocycles. The highest BCUT2D eigenvalue weighted by Crippen LogP contribution is 2.23. The molecular weight excluding hydrogens is 348 g/mol. The van der Waals surface area contributed by atoms with E-state index in [0.717, 1.165) is 22.7 Å². The lowest BCUT2D eigenvalue weighted by Gasteiger charge is -1.97. The Labute approximate surface area is 143 Å². The van der Waals surface area contributed by atoms with Crippen LogP contribution in [0, 0.1) is 0 Å². The van der Waals surface area contributed by atoms with Gasteiger partial charge >= 0.3 is 0 Å². The van der Waals surface area contributed by atoms with Crippen LogP contribution in [0.1, 0.15) is 0 Å². The number of para-hydroxylation sites is 1. The summed E-state index contributed by atoms with van der Waals surface area (Å²) in [6, 6.07) is 7.75. The molecule has 2 N–H and O–H groups in total. The summed E-state index contributed by atoms with van der Waals surface area (Å²) in [5.41, 5.74) is 2.27.